The van der Waals surface area contributed by atoms with Crippen molar-refractivity contribution in [1.29, 1.82) is 0 Å². The van der Waals surface area contributed by atoms with Gasteiger partial charge in [-0.05, 0) is 36.2 Å². The molecule has 1 heterocycles. The van der Waals surface area contributed by atoms with Crippen LogP contribution in [0, 0.1) is 6.92 Å². The Morgan fingerprint density at radius 3 is 2.50 bits per heavy atom. The summed E-state index contributed by atoms with van der Waals surface area (Å²) in [7, 11) is 0. The molecule has 20 heavy (non-hydrogen) atoms. The summed E-state index contributed by atoms with van der Waals surface area (Å²) < 4.78 is 2.88. The lowest BCUT2D eigenvalue weighted by molar-refractivity contribution is 1.04. The van der Waals surface area contributed by atoms with Crippen LogP contribution in [0.4, 0.5) is 0 Å². The summed E-state index contributed by atoms with van der Waals surface area (Å²) in [5.41, 5.74) is 3.03. The van der Waals surface area contributed by atoms with E-state index in [0.29, 0.717) is 5.28 Å². The average Bonchev–Trinajstić information content (AvgIpc) is 2.85. The first-order chi connectivity index (χ1) is 9.68. The first kappa shape index (κ1) is 13.3. The highest BCUT2D eigenvalue weighted by atomic mass is 79.9. The Bertz CT molecular complexity index is 753. The quantitative estimate of drug-likeness (QED) is 0.674. The number of hydrogen-bond acceptors (Lipinski definition) is 2. The van der Waals surface area contributed by atoms with Crippen LogP contribution in [-0.4, -0.2) is 14.8 Å². The second-order valence-corrected chi connectivity index (χ2v) is 5.57. The molecule has 3 rings (SSSR count). The molecule has 0 fully saturated rings. The van der Waals surface area contributed by atoms with Crippen molar-refractivity contribution in [1.82, 2.24) is 14.8 Å². The molecule has 3 aromatic rings. The van der Waals surface area contributed by atoms with Gasteiger partial charge in [0, 0.05) is 10.0 Å². The molecule has 5 heteroatoms. The van der Waals surface area contributed by atoms with Crippen LogP contribution in [0.25, 0.3) is 17.1 Å². The summed E-state index contributed by atoms with van der Waals surface area (Å²) in [6, 6.07) is 15.9. The zero-order valence-corrected chi connectivity index (χ0v) is 13.1. The van der Waals surface area contributed by atoms with Crippen LogP contribution in [0.2, 0.25) is 5.28 Å². The third-order valence-electron chi connectivity index (χ3n) is 3.14. The van der Waals surface area contributed by atoms with Gasteiger partial charge < -0.3 is 0 Å². The molecule has 0 saturated carbocycles. The lowest BCUT2D eigenvalue weighted by Gasteiger charge is -2.12. The summed E-state index contributed by atoms with van der Waals surface area (Å²) >= 11 is 9.77. The first-order valence-electron chi connectivity index (χ1n) is 6.10. The van der Waals surface area contributed by atoms with Gasteiger partial charge in [-0.3, -0.25) is 4.57 Å². The average molecular weight is 349 g/mol. The van der Waals surface area contributed by atoms with E-state index in [1.807, 2.05) is 60.0 Å². The highest BCUT2D eigenvalue weighted by molar-refractivity contribution is 9.10. The van der Waals surface area contributed by atoms with Gasteiger partial charge in [0.25, 0.3) is 0 Å². The normalized spacial score (nSPS) is 10.8. The van der Waals surface area contributed by atoms with Crippen LogP contribution in [0.3, 0.4) is 0 Å². The molecule has 0 bridgehead atoms. The number of aromatic nitrogens is 3. The minimum Gasteiger partial charge on any atom is -0.265 e. The van der Waals surface area contributed by atoms with Gasteiger partial charge in [-0.25, -0.2) is 0 Å². The highest BCUT2D eigenvalue weighted by Crippen LogP contribution is 2.29. The van der Waals surface area contributed by atoms with E-state index in [-0.39, 0.29) is 0 Å². The maximum atomic E-state index is 6.23. The van der Waals surface area contributed by atoms with Gasteiger partial charge >= 0.3 is 0 Å². The molecule has 2 aromatic carbocycles. The number of benzene rings is 2. The van der Waals surface area contributed by atoms with E-state index < -0.39 is 0 Å². The summed E-state index contributed by atoms with van der Waals surface area (Å²) in [6.07, 6.45) is 0. The third kappa shape index (κ3) is 2.25. The van der Waals surface area contributed by atoms with Gasteiger partial charge in [0.15, 0.2) is 5.82 Å². The predicted molar refractivity (Wildman–Crippen MR) is 84.2 cm³/mol. The van der Waals surface area contributed by atoms with Crippen LogP contribution in [0.5, 0.6) is 0 Å². The fourth-order valence-corrected chi connectivity index (χ4v) is 2.66. The zero-order valence-electron chi connectivity index (χ0n) is 10.7. The molecular weight excluding hydrogens is 338 g/mol. The molecule has 0 radical (unpaired) electrons. The van der Waals surface area contributed by atoms with E-state index in [0.717, 1.165) is 27.1 Å². The number of nitrogens with zero attached hydrogens (tertiary/aromatic N) is 3. The Hall–Kier alpha value is -1.65. The molecule has 0 N–H and O–H groups in total. The smallest absolute Gasteiger partial charge is 0.229 e. The van der Waals surface area contributed by atoms with Crippen molar-refractivity contribution in [2.45, 2.75) is 6.92 Å². The topological polar surface area (TPSA) is 30.7 Å². The summed E-state index contributed by atoms with van der Waals surface area (Å²) in [6.45, 7) is 2.03. The van der Waals surface area contributed by atoms with Crippen LogP contribution in [0.15, 0.2) is 53.0 Å². The molecule has 0 spiro atoms. The van der Waals surface area contributed by atoms with Gasteiger partial charge in [-0.1, -0.05) is 52.3 Å². The summed E-state index contributed by atoms with van der Waals surface area (Å²) in [5.74, 6) is 0.733. The minimum absolute atomic E-state index is 0.352. The SMILES string of the molecule is Cc1c(Br)cccc1-n1c(Cl)nnc1-c1ccccc1. The molecule has 3 nitrogen and oxygen atoms in total. The zero-order chi connectivity index (χ0) is 14.1. The molecule has 0 atom stereocenters. The maximum Gasteiger partial charge on any atom is 0.229 e. The molecule has 0 aliphatic carbocycles. The second kappa shape index (κ2) is 5.38. The van der Waals surface area contributed by atoms with Gasteiger partial charge in [-0.15, -0.1) is 10.2 Å². The summed E-state index contributed by atoms with van der Waals surface area (Å²) in [4.78, 5) is 0. The van der Waals surface area contributed by atoms with Gasteiger partial charge in [0.1, 0.15) is 0 Å². The molecule has 0 aliphatic heterocycles. The van der Waals surface area contributed by atoms with Crippen molar-refractivity contribution >= 4 is 27.5 Å². The van der Waals surface area contributed by atoms with E-state index in [4.69, 9.17) is 11.6 Å². The first-order valence-corrected chi connectivity index (χ1v) is 7.27. The van der Waals surface area contributed by atoms with Gasteiger partial charge in [0.05, 0.1) is 5.69 Å². The fraction of sp³-hybridized carbons (Fsp3) is 0.0667. The molecule has 0 amide bonds. The second-order valence-electron chi connectivity index (χ2n) is 4.38. The van der Waals surface area contributed by atoms with Crippen molar-refractivity contribution in [3.8, 4) is 17.1 Å². The van der Waals surface area contributed by atoms with Crippen molar-refractivity contribution < 1.29 is 0 Å². The Morgan fingerprint density at radius 1 is 1.00 bits per heavy atom. The largest absolute Gasteiger partial charge is 0.265 e. The lowest BCUT2D eigenvalue weighted by atomic mass is 10.1. The monoisotopic (exact) mass is 347 g/mol. The Labute approximate surface area is 130 Å². The van der Waals surface area contributed by atoms with E-state index in [9.17, 15) is 0 Å². The van der Waals surface area contributed by atoms with E-state index in [1.165, 1.54) is 0 Å². The van der Waals surface area contributed by atoms with Crippen LogP contribution >= 0.6 is 27.5 Å². The van der Waals surface area contributed by atoms with Gasteiger partial charge in [-0.2, -0.15) is 0 Å². The highest BCUT2D eigenvalue weighted by Gasteiger charge is 2.16. The molecule has 1 aromatic heterocycles. The van der Waals surface area contributed by atoms with E-state index in [1.54, 1.807) is 0 Å². The number of halogens is 2. The van der Waals surface area contributed by atoms with Crippen molar-refractivity contribution in [2.75, 3.05) is 0 Å². The number of rotatable bonds is 2. The van der Waals surface area contributed by atoms with Crippen LogP contribution in [-0.2, 0) is 0 Å². The molecule has 0 unspecified atom stereocenters. The standard InChI is InChI=1S/C15H11BrClN3/c1-10-12(16)8-5-9-13(10)20-14(18-19-15(20)17)11-6-3-2-4-7-11/h2-9H,1H3. The maximum absolute atomic E-state index is 6.23. The Morgan fingerprint density at radius 2 is 1.75 bits per heavy atom. The lowest BCUT2D eigenvalue weighted by Crippen LogP contribution is -2.00. The van der Waals surface area contributed by atoms with Crippen LogP contribution < -0.4 is 0 Å². The number of hydrogen-bond donors (Lipinski definition) is 0. The molecular formula is C15H11BrClN3. The summed E-state index contributed by atoms with van der Waals surface area (Å²) in [5, 5.41) is 8.55. The fourth-order valence-electron chi connectivity index (χ4n) is 2.09. The van der Waals surface area contributed by atoms with Crippen LogP contribution in [0.1, 0.15) is 5.56 Å². The van der Waals surface area contributed by atoms with Crippen molar-refractivity contribution in [2.24, 2.45) is 0 Å². The van der Waals surface area contributed by atoms with Crippen molar-refractivity contribution in [3.05, 3.63) is 63.9 Å². The van der Waals surface area contributed by atoms with E-state index >= 15 is 0 Å². The van der Waals surface area contributed by atoms with E-state index in [2.05, 4.69) is 26.1 Å². The Balaban J connectivity index is 2.25. The van der Waals surface area contributed by atoms with Gasteiger partial charge in [0.2, 0.25) is 5.28 Å². The molecule has 0 aliphatic rings. The molecule has 0 saturated heterocycles. The van der Waals surface area contributed by atoms with Crippen molar-refractivity contribution in [3.63, 3.8) is 0 Å². The molecule has 100 valence electrons. The Kier molecular flexibility index (Phi) is 3.59. The third-order valence-corrected chi connectivity index (χ3v) is 4.24. The minimum atomic E-state index is 0.352. The predicted octanol–water partition coefficient (Wildman–Crippen LogP) is 4.66.